The van der Waals surface area contributed by atoms with Crippen LogP contribution in [-0.4, -0.2) is 125 Å². The molecule has 0 bridgehead atoms. The van der Waals surface area contributed by atoms with E-state index in [2.05, 4.69) is 0 Å². The van der Waals surface area contributed by atoms with Crippen LogP contribution in [0.1, 0.15) is 12.5 Å². The number of aliphatic hydroxyl groups is 6. The van der Waals surface area contributed by atoms with E-state index >= 15 is 0 Å². The second-order valence-corrected chi connectivity index (χ2v) is 12.6. The van der Waals surface area contributed by atoms with E-state index in [1.807, 2.05) is 0 Å². The largest absolute Gasteiger partial charge is 0.508 e. The molecule has 0 radical (unpaired) electrons. The van der Waals surface area contributed by atoms with Gasteiger partial charge in [0, 0.05) is 23.8 Å². The lowest BCUT2D eigenvalue weighted by atomic mass is 9.99. The lowest BCUT2D eigenvalue weighted by molar-refractivity contribution is -0.281. The molecule has 3 heterocycles. The first kappa shape index (κ1) is 38.3. The molecule has 10 atom stereocenters. The number of aromatic hydroxyl groups is 4. The molecule has 0 aliphatic carbocycles. The molecule has 2 aliphatic heterocycles. The Labute approximate surface area is 304 Å². The van der Waals surface area contributed by atoms with Gasteiger partial charge in [0.2, 0.25) is 23.8 Å². The predicted molar refractivity (Wildman–Crippen MR) is 181 cm³/mol. The molecule has 18 nitrogen and oxygen atoms in total. The molecule has 10 unspecified atom stereocenters. The van der Waals surface area contributed by atoms with Crippen LogP contribution < -0.4 is 14.9 Å². The number of carbonyl (C=O) groups excluding carboxylic acids is 1. The van der Waals surface area contributed by atoms with Crippen LogP contribution in [0.2, 0.25) is 0 Å². The summed E-state index contributed by atoms with van der Waals surface area (Å²) in [6.45, 7) is 0.585. The summed E-state index contributed by atoms with van der Waals surface area (Å²) in [4.78, 5) is 27.1. The maximum Gasteiger partial charge on any atom is 0.331 e. The van der Waals surface area contributed by atoms with Crippen LogP contribution in [0.3, 0.4) is 0 Å². The Morgan fingerprint density at radius 1 is 0.778 bits per heavy atom. The zero-order valence-corrected chi connectivity index (χ0v) is 28.1. The Bertz CT molecular complexity index is 2080. The fourth-order valence-electron chi connectivity index (χ4n) is 5.86. The van der Waals surface area contributed by atoms with Crippen LogP contribution in [0.25, 0.3) is 28.4 Å². The number of benzene rings is 3. The number of fused-ring (bicyclic) bond motifs is 1. The topological polar surface area (TPSA) is 296 Å². The number of ether oxygens (including phenoxy) is 5. The maximum atomic E-state index is 14.2. The highest BCUT2D eigenvalue weighted by molar-refractivity contribution is 5.89. The van der Waals surface area contributed by atoms with E-state index in [4.69, 9.17) is 28.1 Å². The first-order chi connectivity index (χ1) is 25.7. The van der Waals surface area contributed by atoms with Gasteiger partial charge in [-0.15, -0.1) is 0 Å². The molecule has 6 rings (SSSR count). The summed E-state index contributed by atoms with van der Waals surface area (Å²) in [5.74, 6) is -4.07. The minimum Gasteiger partial charge on any atom is -0.508 e. The van der Waals surface area contributed by atoms with Crippen molar-refractivity contribution in [1.82, 2.24) is 0 Å². The average molecular weight is 757 g/mol. The van der Waals surface area contributed by atoms with Crippen molar-refractivity contribution in [2.45, 2.75) is 68.3 Å². The van der Waals surface area contributed by atoms with Gasteiger partial charge >= 0.3 is 5.97 Å². The van der Waals surface area contributed by atoms with Crippen molar-refractivity contribution in [2.75, 3.05) is 6.61 Å². The molecule has 18 heteroatoms. The van der Waals surface area contributed by atoms with Crippen LogP contribution in [0.4, 0.5) is 0 Å². The first-order valence-corrected chi connectivity index (χ1v) is 16.4. The van der Waals surface area contributed by atoms with E-state index in [0.29, 0.717) is 0 Å². The average Bonchev–Trinajstić information content (AvgIpc) is 3.14. The van der Waals surface area contributed by atoms with Crippen molar-refractivity contribution >= 4 is 23.0 Å². The number of phenolic OH excluding ortho intramolecular Hbond substituents is 4. The SMILES string of the molecule is CC1OC(Oc2cc(O)c3c(=O)c(OC4OC(CO)C(O)C(O)C4OC(=O)C=Cc4ccc(O)c(O)c4)c(-c4ccc(O)cc4)oc3c2)C(O)C(O)C1O. The minimum atomic E-state index is -1.95. The van der Waals surface area contributed by atoms with E-state index < -0.39 is 108 Å². The standard InChI is InChI=1S/C36H36O18/c1-14-26(43)29(46)31(48)35(49-14)50-18-11-21(41)25-22(12-18)51-32(16-4-6-17(38)7-5-16)33(28(25)45)54-36-34(30(47)27(44)23(13-37)52-36)53-24(42)9-3-15-2-8-19(39)20(40)10-15/h2-12,14,23,26-27,29-31,34-41,43-44,46-48H,13H2,1H3. The molecule has 54 heavy (non-hydrogen) atoms. The highest BCUT2D eigenvalue weighted by Gasteiger charge is 2.48. The van der Waals surface area contributed by atoms with Gasteiger partial charge in [0.15, 0.2) is 23.4 Å². The predicted octanol–water partition coefficient (Wildman–Crippen LogP) is -0.0683. The number of hydrogen-bond donors (Lipinski definition) is 10. The third-order valence-electron chi connectivity index (χ3n) is 8.82. The van der Waals surface area contributed by atoms with E-state index in [1.165, 1.54) is 49.4 Å². The molecule has 0 amide bonds. The quantitative estimate of drug-likeness (QED) is 0.0607. The van der Waals surface area contributed by atoms with E-state index in [-0.39, 0.29) is 34.0 Å². The van der Waals surface area contributed by atoms with Gasteiger partial charge in [-0.25, -0.2) is 4.79 Å². The number of rotatable bonds is 9. The summed E-state index contributed by atoms with van der Waals surface area (Å²) < 4.78 is 34.1. The van der Waals surface area contributed by atoms with Gasteiger partial charge in [0.05, 0.1) is 12.7 Å². The van der Waals surface area contributed by atoms with Gasteiger partial charge in [0.25, 0.3) is 0 Å². The molecule has 2 aliphatic rings. The van der Waals surface area contributed by atoms with Gasteiger partial charge in [-0.2, -0.15) is 0 Å². The van der Waals surface area contributed by atoms with Crippen LogP contribution in [0.15, 0.2) is 69.9 Å². The summed E-state index contributed by atoms with van der Waals surface area (Å²) >= 11 is 0. The minimum absolute atomic E-state index is 0.119. The highest BCUT2D eigenvalue weighted by Crippen LogP contribution is 2.39. The van der Waals surface area contributed by atoms with Crippen LogP contribution in [0, 0.1) is 0 Å². The summed E-state index contributed by atoms with van der Waals surface area (Å²) in [6, 6.07) is 11.0. The molecule has 2 fully saturated rings. The third-order valence-corrected chi connectivity index (χ3v) is 8.82. The number of phenols is 4. The lowest BCUT2D eigenvalue weighted by Gasteiger charge is -2.41. The van der Waals surface area contributed by atoms with Crippen molar-refractivity contribution in [1.29, 1.82) is 0 Å². The maximum absolute atomic E-state index is 14.2. The second-order valence-electron chi connectivity index (χ2n) is 12.6. The lowest BCUT2D eigenvalue weighted by Crippen LogP contribution is -2.61. The summed E-state index contributed by atoms with van der Waals surface area (Å²) in [5.41, 5.74) is -0.949. The molecule has 288 valence electrons. The van der Waals surface area contributed by atoms with Crippen LogP contribution in [-0.2, 0) is 19.0 Å². The molecule has 4 aromatic rings. The highest BCUT2D eigenvalue weighted by atomic mass is 16.7. The summed E-state index contributed by atoms with van der Waals surface area (Å²) in [7, 11) is 0. The van der Waals surface area contributed by atoms with Crippen molar-refractivity contribution in [2.24, 2.45) is 0 Å². The Morgan fingerprint density at radius 2 is 1.50 bits per heavy atom. The molecule has 10 N–H and O–H groups in total. The molecule has 0 saturated carbocycles. The van der Waals surface area contributed by atoms with Crippen molar-refractivity contribution < 1.29 is 84.0 Å². The summed E-state index contributed by atoms with van der Waals surface area (Å²) in [5, 5.41) is 102. The van der Waals surface area contributed by atoms with E-state index in [1.54, 1.807) is 0 Å². The number of hydrogen-bond acceptors (Lipinski definition) is 18. The van der Waals surface area contributed by atoms with Gasteiger partial charge < -0.3 is 79.2 Å². The normalized spacial score (nSPS) is 28.6. The smallest absolute Gasteiger partial charge is 0.331 e. The number of esters is 1. The van der Waals surface area contributed by atoms with Crippen molar-refractivity contribution in [3.8, 4) is 45.8 Å². The van der Waals surface area contributed by atoms with Gasteiger partial charge in [-0.05, 0) is 55.0 Å². The Balaban J connectivity index is 1.38. The van der Waals surface area contributed by atoms with Crippen LogP contribution >= 0.6 is 0 Å². The zero-order chi connectivity index (χ0) is 39.0. The molecule has 1 aromatic heterocycles. The summed E-state index contributed by atoms with van der Waals surface area (Å²) in [6.07, 6.45) is -14.2. The Hall–Kier alpha value is -5.44. The molecular formula is C36H36O18. The molecular weight excluding hydrogens is 720 g/mol. The van der Waals surface area contributed by atoms with E-state index in [0.717, 1.165) is 24.3 Å². The Morgan fingerprint density at radius 3 is 2.19 bits per heavy atom. The first-order valence-electron chi connectivity index (χ1n) is 16.4. The number of aliphatic hydroxyl groups excluding tert-OH is 6. The van der Waals surface area contributed by atoms with Gasteiger partial charge in [-0.3, -0.25) is 4.79 Å². The van der Waals surface area contributed by atoms with E-state index in [9.17, 15) is 60.7 Å². The van der Waals surface area contributed by atoms with Crippen molar-refractivity contribution in [3.63, 3.8) is 0 Å². The number of carbonyl (C=O) groups is 1. The third kappa shape index (κ3) is 7.63. The molecule has 3 aromatic carbocycles. The second kappa shape index (κ2) is 15.5. The fraction of sp³-hybridized carbons (Fsp3) is 0.333. The fourth-order valence-corrected chi connectivity index (χ4v) is 5.86. The van der Waals surface area contributed by atoms with Crippen LogP contribution in [0.5, 0.6) is 34.5 Å². The van der Waals surface area contributed by atoms with Gasteiger partial charge in [0.1, 0.15) is 64.8 Å². The monoisotopic (exact) mass is 756 g/mol. The molecule has 2 saturated heterocycles. The zero-order valence-electron chi connectivity index (χ0n) is 28.1. The van der Waals surface area contributed by atoms with Crippen molar-refractivity contribution in [3.05, 3.63) is 76.5 Å². The van der Waals surface area contributed by atoms with Gasteiger partial charge in [-0.1, -0.05) is 6.07 Å². The Kier molecular flexibility index (Phi) is 11.0. The molecule has 0 spiro atoms.